The summed E-state index contributed by atoms with van der Waals surface area (Å²) in [5, 5.41) is 13.9. The molecule has 0 aliphatic rings. The molecule has 0 heterocycles. The number of unbranched alkanes of at least 4 members (excludes halogenated alkanes) is 41. The van der Waals surface area contributed by atoms with Crippen molar-refractivity contribution in [2.75, 3.05) is 40.9 Å². The second kappa shape index (κ2) is 57.2. The van der Waals surface area contributed by atoms with Crippen molar-refractivity contribution in [3.05, 3.63) is 48.6 Å². The molecule has 9 heteroatoms. The first-order valence-electron chi connectivity index (χ1n) is 32.5. The van der Waals surface area contributed by atoms with Gasteiger partial charge in [0.05, 0.1) is 39.9 Å². The number of nitrogens with one attached hydrogen (secondary N) is 1. The van der Waals surface area contributed by atoms with Crippen LogP contribution < -0.4 is 5.32 Å². The predicted molar refractivity (Wildman–Crippen MR) is 327 cm³/mol. The number of nitrogens with zero attached hydrogens (tertiary/aromatic N) is 1. The average molecular weight is 1080 g/mol. The van der Waals surface area contributed by atoms with Crippen LogP contribution in [-0.2, 0) is 18.4 Å². The van der Waals surface area contributed by atoms with Gasteiger partial charge in [-0.2, -0.15) is 0 Å². The van der Waals surface area contributed by atoms with Gasteiger partial charge in [-0.15, -0.1) is 0 Å². The number of phosphoric ester groups is 1. The first-order valence-corrected chi connectivity index (χ1v) is 34.0. The summed E-state index contributed by atoms with van der Waals surface area (Å²) in [4.78, 5) is 23.3. The lowest BCUT2D eigenvalue weighted by atomic mass is 10.0. The number of hydrogen-bond donors (Lipinski definition) is 3. The minimum absolute atomic E-state index is 0.0543. The van der Waals surface area contributed by atoms with Crippen molar-refractivity contribution >= 4 is 13.7 Å². The van der Waals surface area contributed by atoms with Gasteiger partial charge in [0.1, 0.15) is 13.2 Å². The minimum Gasteiger partial charge on any atom is -0.387 e. The molecule has 0 aromatic carbocycles. The molecule has 1 amide bonds. The first kappa shape index (κ1) is 73.5. The van der Waals surface area contributed by atoms with Gasteiger partial charge < -0.3 is 19.8 Å². The van der Waals surface area contributed by atoms with Gasteiger partial charge in [-0.05, 0) is 70.6 Å². The Labute approximate surface area is 467 Å². The quantitative estimate of drug-likeness (QED) is 0.0243. The van der Waals surface area contributed by atoms with E-state index in [1.165, 1.54) is 250 Å². The van der Waals surface area contributed by atoms with E-state index in [-0.39, 0.29) is 19.1 Å². The van der Waals surface area contributed by atoms with Crippen LogP contribution in [0.3, 0.4) is 0 Å². The summed E-state index contributed by atoms with van der Waals surface area (Å²) >= 11 is 0. The number of likely N-dealkylation sites (N-methyl/N-ethyl adjacent to an activating group) is 1. The molecular weight excluding hydrogens is 948 g/mol. The molecule has 0 aliphatic carbocycles. The van der Waals surface area contributed by atoms with Crippen molar-refractivity contribution in [1.82, 2.24) is 5.32 Å². The molecule has 0 radical (unpaired) electrons. The van der Waals surface area contributed by atoms with Crippen molar-refractivity contribution in [1.29, 1.82) is 0 Å². The molecule has 0 fully saturated rings. The molecule has 75 heavy (non-hydrogen) atoms. The fourth-order valence-corrected chi connectivity index (χ4v) is 10.4. The third-order valence-corrected chi connectivity index (χ3v) is 15.7. The molecule has 0 spiro atoms. The van der Waals surface area contributed by atoms with Crippen LogP contribution >= 0.6 is 7.82 Å². The Hall–Kier alpha value is -1.54. The van der Waals surface area contributed by atoms with Crippen LogP contribution in [0.2, 0.25) is 0 Å². The highest BCUT2D eigenvalue weighted by molar-refractivity contribution is 7.47. The molecule has 3 atom stereocenters. The predicted octanol–water partition coefficient (Wildman–Crippen LogP) is 20.3. The Morgan fingerprint density at radius 1 is 0.440 bits per heavy atom. The summed E-state index contributed by atoms with van der Waals surface area (Å²) in [6.45, 7) is 4.80. The van der Waals surface area contributed by atoms with E-state index in [1.54, 1.807) is 6.08 Å². The number of hydrogen-bond acceptors (Lipinski definition) is 5. The van der Waals surface area contributed by atoms with Crippen LogP contribution in [0.5, 0.6) is 0 Å². The monoisotopic (exact) mass is 1080 g/mol. The van der Waals surface area contributed by atoms with Gasteiger partial charge in [-0.25, -0.2) is 4.57 Å². The highest BCUT2D eigenvalue weighted by atomic mass is 31.2. The van der Waals surface area contributed by atoms with E-state index < -0.39 is 20.0 Å². The number of aliphatic hydroxyl groups is 1. The third-order valence-electron chi connectivity index (χ3n) is 14.7. The zero-order valence-electron chi connectivity index (χ0n) is 50.6. The second-order valence-electron chi connectivity index (χ2n) is 23.5. The molecule has 442 valence electrons. The number of phosphoric acid groups is 1. The van der Waals surface area contributed by atoms with Gasteiger partial charge >= 0.3 is 7.82 Å². The summed E-state index contributed by atoms with van der Waals surface area (Å²) in [7, 11) is 1.56. The number of carbonyl (C=O) groups excluding carboxylic acids is 1. The SMILES string of the molecule is CCCCCCCC/C=C/CC/C=C/CC/C=C/C(O)C(COP(=O)(O)OCC[N+](C)(C)C)NC(=O)CCCCCCCCCCCCCCCCCCCCCCCCCCC/C=C\CCCCCCCCCC. The van der Waals surface area contributed by atoms with Crippen LogP contribution in [0.15, 0.2) is 48.6 Å². The highest BCUT2D eigenvalue weighted by Crippen LogP contribution is 2.43. The maximum atomic E-state index is 13.0. The Balaban J connectivity index is 3.96. The Morgan fingerprint density at radius 2 is 0.733 bits per heavy atom. The Bertz CT molecular complexity index is 1360. The summed E-state index contributed by atoms with van der Waals surface area (Å²) in [5.41, 5.74) is 0. The number of carbonyl (C=O) groups is 1. The van der Waals surface area contributed by atoms with Crippen LogP contribution in [0.1, 0.15) is 316 Å². The molecule has 0 saturated heterocycles. The molecule has 8 nitrogen and oxygen atoms in total. The number of allylic oxidation sites excluding steroid dienone is 7. The van der Waals surface area contributed by atoms with E-state index in [9.17, 15) is 19.4 Å². The molecule has 0 aromatic heterocycles. The summed E-state index contributed by atoms with van der Waals surface area (Å²) in [5.74, 6) is -0.186. The smallest absolute Gasteiger partial charge is 0.387 e. The van der Waals surface area contributed by atoms with E-state index >= 15 is 0 Å². The molecule has 0 aromatic rings. The second-order valence-corrected chi connectivity index (χ2v) is 24.9. The lowest BCUT2D eigenvalue weighted by Crippen LogP contribution is -2.45. The van der Waals surface area contributed by atoms with E-state index in [2.05, 4.69) is 55.6 Å². The van der Waals surface area contributed by atoms with Crippen LogP contribution in [0.4, 0.5) is 0 Å². The standard InChI is InChI=1S/C66H127N2O6P/c1-6-8-10-12-14-16-18-20-22-24-25-26-27-28-29-30-31-32-33-34-35-36-37-38-39-40-41-42-43-44-46-48-50-52-54-56-58-60-66(70)67-64(63-74-75(71,72)73-62-61-68(3,4)5)65(69)59-57-55-53-51-49-47-45-23-21-19-17-15-13-11-9-7-2/h21,23-25,49,51,57,59,64-65,69H,6-20,22,26-48,50,52-56,58,60-63H2,1-5H3,(H-,67,70,71,72)/p+1/b23-21+,25-24-,51-49+,59-57+. The number of quaternary nitrogens is 1. The lowest BCUT2D eigenvalue weighted by molar-refractivity contribution is -0.870. The van der Waals surface area contributed by atoms with E-state index in [4.69, 9.17) is 9.05 Å². The number of aliphatic hydroxyl groups excluding tert-OH is 1. The van der Waals surface area contributed by atoms with Gasteiger partial charge in [0.15, 0.2) is 0 Å². The Kier molecular flexibility index (Phi) is 56.0. The van der Waals surface area contributed by atoms with Crippen molar-refractivity contribution in [3.8, 4) is 0 Å². The normalized spacial score (nSPS) is 14.1. The van der Waals surface area contributed by atoms with Crippen LogP contribution in [-0.4, -0.2) is 73.4 Å². The van der Waals surface area contributed by atoms with E-state index in [0.717, 1.165) is 44.9 Å². The molecule has 0 saturated carbocycles. The fourth-order valence-electron chi connectivity index (χ4n) is 9.66. The molecule has 3 unspecified atom stereocenters. The van der Waals surface area contributed by atoms with Gasteiger partial charge in [0.25, 0.3) is 0 Å². The largest absolute Gasteiger partial charge is 0.472 e. The first-order chi connectivity index (χ1) is 36.5. The lowest BCUT2D eigenvalue weighted by Gasteiger charge is -2.25. The van der Waals surface area contributed by atoms with Gasteiger partial charge in [0.2, 0.25) is 5.91 Å². The molecule has 3 N–H and O–H groups in total. The van der Waals surface area contributed by atoms with E-state index in [0.29, 0.717) is 17.4 Å². The van der Waals surface area contributed by atoms with Crippen molar-refractivity contribution < 1.29 is 32.9 Å². The van der Waals surface area contributed by atoms with Gasteiger partial charge in [0, 0.05) is 6.42 Å². The molecule has 0 bridgehead atoms. The highest BCUT2D eigenvalue weighted by Gasteiger charge is 2.27. The van der Waals surface area contributed by atoms with Crippen LogP contribution in [0, 0.1) is 0 Å². The van der Waals surface area contributed by atoms with E-state index in [1.807, 2.05) is 27.2 Å². The molecular formula is C66H128N2O6P+. The molecule has 0 rings (SSSR count). The summed E-state index contributed by atoms with van der Waals surface area (Å²) < 4.78 is 23.7. The third kappa shape index (κ3) is 60.0. The van der Waals surface area contributed by atoms with Crippen molar-refractivity contribution in [2.45, 2.75) is 328 Å². The van der Waals surface area contributed by atoms with Crippen LogP contribution in [0.25, 0.3) is 0 Å². The zero-order chi connectivity index (χ0) is 54.9. The number of amides is 1. The van der Waals surface area contributed by atoms with Crippen molar-refractivity contribution in [2.24, 2.45) is 0 Å². The van der Waals surface area contributed by atoms with Gasteiger partial charge in [-0.1, -0.05) is 287 Å². The maximum absolute atomic E-state index is 13.0. The summed E-state index contributed by atoms with van der Waals surface area (Å²) in [6.07, 6.45) is 76.9. The summed E-state index contributed by atoms with van der Waals surface area (Å²) in [6, 6.07) is -0.869. The molecule has 0 aliphatic heterocycles. The Morgan fingerprint density at radius 3 is 1.07 bits per heavy atom. The number of rotatable bonds is 60. The van der Waals surface area contributed by atoms with Gasteiger partial charge in [-0.3, -0.25) is 13.8 Å². The minimum atomic E-state index is -4.36. The topological polar surface area (TPSA) is 105 Å². The fraction of sp³-hybridized carbons (Fsp3) is 0.864. The average Bonchev–Trinajstić information content (AvgIpc) is 3.37. The zero-order valence-corrected chi connectivity index (χ0v) is 51.4. The maximum Gasteiger partial charge on any atom is 0.472 e. The van der Waals surface area contributed by atoms with Crippen molar-refractivity contribution in [3.63, 3.8) is 0 Å².